The molecule has 0 saturated carbocycles. The van der Waals surface area contributed by atoms with Crippen LogP contribution in [-0.4, -0.2) is 37.9 Å². The number of ether oxygens (including phenoxy) is 2. The molecule has 2 aliphatic rings. The molecule has 0 spiro atoms. The fraction of sp³-hybridized carbons (Fsp3) is 0.533. The van der Waals surface area contributed by atoms with Crippen LogP contribution in [0.2, 0.25) is 0 Å². The molecule has 0 radical (unpaired) electrons. The molecule has 2 atom stereocenters. The number of para-hydroxylation sites is 2. The summed E-state index contributed by atoms with van der Waals surface area (Å²) < 4.78 is 11.3. The second kappa shape index (κ2) is 5.71. The Morgan fingerprint density at radius 3 is 3.10 bits per heavy atom. The number of carbonyl (C=O) groups excluding carboxylic acids is 1. The van der Waals surface area contributed by atoms with Crippen LogP contribution in [0.25, 0.3) is 0 Å². The van der Waals surface area contributed by atoms with E-state index >= 15 is 0 Å². The number of nitrogens with zero attached hydrogens (tertiary/aromatic N) is 1. The highest BCUT2D eigenvalue weighted by Crippen LogP contribution is 2.32. The van der Waals surface area contributed by atoms with Crippen molar-refractivity contribution >= 4 is 11.7 Å². The Morgan fingerprint density at radius 2 is 2.30 bits per heavy atom. The number of fused-ring (bicyclic) bond motifs is 1. The smallest absolute Gasteiger partial charge is 0.322 e. The first-order valence-electron chi connectivity index (χ1n) is 7.16. The first-order valence-corrected chi connectivity index (χ1v) is 7.16. The fourth-order valence-electron chi connectivity index (χ4n) is 2.68. The van der Waals surface area contributed by atoms with Gasteiger partial charge in [-0.15, -0.1) is 0 Å². The van der Waals surface area contributed by atoms with Gasteiger partial charge in [-0.25, -0.2) is 4.79 Å². The minimum atomic E-state index is -0.0805. The molecule has 0 bridgehead atoms. The standard InChI is InChI=1S/C15H20N2O3/c1-11-10-17(13-6-2-3-7-14(13)20-11)15(18)16-9-12-5-4-8-19-12/h2-3,6-7,11-12H,4-5,8-10H2,1H3,(H,16,18)/t11-,12-/m0/s1. The Bertz CT molecular complexity index is 486. The second-order valence-electron chi connectivity index (χ2n) is 5.33. The van der Waals surface area contributed by atoms with E-state index in [-0.39, 0.29) is 18.2 Å². The van der Waals surface area contributed by atoms with Crippen LogP contribution in [-0.2, 0) is 4.74 Å². The van der Waals surface area contributed by atoms with Gasteiger partial charge in [0.15, 0.2) is 0 Å². The Balaban J connectivity index is 1.67. The average Bonchev–Trinajstić information content (AvgIpc) is 2.97. The van der Waals surface area contributed by atoms with Gasteiger partial charge < -0.3 is 14.8 Å². The molecule has 3 rings (SSSR count). The molecular weight excluding hydrogens is 256 g/mol. The van der Waals surface area contributed by atoms with E-state index in [4.69, 9.17) is 9.47 Å². The first kappa shape index (κ1) is 13.2. The highest BCUT2D eigenvalue weighted by molar-refractivity contribution is 5.94. The summed E-state index contributed by atoms with van der Waals surface area (Å²) in [5.41, 5.74) is 0.829. The third-order valence-electron chi connectivity index (χ3n) is 3.67. The molecule has 0 unspecified atom stereocenters. The fourth-order valence-corrected chi connectivity index (χ4v) is 2.68. The maximum atomic E-state index is 12.4. The number of hydrogen-bond acceptors (Lipinski definition) is 3. The molecule has 1 aromatic carbocycles. The quantitative estimate of drug-likeness (QED) is 0.900. The van der Waals surface area contributed by atoms with Gasteiger partial charge >= 0.3 is 6.03 Å². The normalized spacial score (nSPS) is 24.9. The summed E-state index contributed by atoms with van der Waals surface area (Å²) in [6.45, 7) is 3.91. The van der Waals surface area contributed by atoms with Gasteiger partial charge in [-0.05, 0) is 31.9 Å². The van der Waals surface area contributed by atoms with Crippen LogP contribution in [0.5, 0.6) is 5.75 Å². The number of urea groups is 1. The van der Waals surface area contributed by atoms with Gasteiger partial charge in [0.2, 0.25) is 0 Å². The number of nitrogens with one attached hydrogen (secondary N) is 1. The summed E-state index contributed by atoms with van der Waals surface area (Å²) in [6.07, 6.45) is 2.26. The molecule has 1 saturated heterocycles. The molecule has 2 amide bonds. The van der Waals surface area contributed by atoms with Gasteiger partial charge in [-0.3, -0.25) is 4.90 Å². The van der Waals surface area contributed by atoms with E-state index in [0.29, 0.717) is 13.1 Å². The molecular formula is C15H20N2O3. The van der Waals surface area contributed by atoms with Crippen LogP contribution < -0.4 is 15.0 Å². The van der Waals surface area contributed by atoms with E-state index in [1.807, 2.05) is 31.2 Å². The zero-order chi connectivity index (χ0) is 13.9. The monoisotopic (exact) mass is 276 g/mol. The topological polar surface area (TPSA) is 50.8 Å². The van der Waals surface area contributed by atoms with Crippen molar-refractivity contribution in [1.29, 1.82) is 0 Å². The predicted molar refractivity (Wildman–Crippen MR) is 76.3 cm³/mol. The number of carbonyl (C=O) groups is 1. The number of anilines is 1. The summed E-state index contributed by atoms with van der Waals surface area (Å²) in [5, 5.41) is 2.96. The average molecular weight is 276 g/mol. The van der Waals surface area contributed by atoms with Gasteiger partial charge in [0, 0.05) is 13.2 Å². The van der Waals surface area contributed by atoms with Crippen molar-refractivity contribution in [2.75, 3.05) is 24.6 Å². The van der Waals surface area contributed by atoms with Crippen LogP contribution in [0.4, 0.5) is 10.5 Å². The maximum absolute atomic E-state index is 12.4. The Labute approximate surface area is 118 Å². The van der Waals surface area contributed by atoms with Gasteiger partial charge in [0.1, 0.15) is 11.9 Å². The lowest BCUT2D eigenvalue weighted by atomic mass is 10.2. The highest BCUT2D eigenvalue weighted by Gasteiger charge is 2.27. The minimum absolute atomic E-state index is 0.00150. The molecule has 108 valence electrons. The van der Waals surface area contributed by atoms with Crippen molar-refractivity contribution in [3.8, 4) is 5.75 Å². The highest BCUT2D eigenvalue weighted by atomic mass is 16.5. The van der Waals surface area contributed by atoms with Gasteiger partial charge in [0.05, 0.1) is 18.3 Å². The number of rotatable bonds is 2. The number of hydrogen-bond donors (Lipinski definition) is 1. The summed E-state index contributed by atoms with van der Waals surface area (Å²) in [7, 11) is 0. The first-order chi connectivity index (χ1) is 9.74. The molecule has 1 aromatic rings. The largest absolute Gasteiger partial charge is 0.487 e. The Morgan fingerprint density at radius 1 is 1.45 bits per heavy atom. The van der Waals surface area contributed by atoms with Gasteiger partial charge in [-0.2, -0.15) is 0 Å². The van der Waals surface area contributed by atoms with Crippen molar-refractivity contribution in [2.24, 2.45) is 0 Å². The van der Waals surface area contributed by atoms with Crippen LogP contribution in [0, 0.1) is 0 Å². The molecule has 0 aromatic heterocycles. The van der Waals surface area contributed by atoms with E-state index < -0.39 is 0 Å². The zero-order valence-corrected chi connectivity index (χ0v) is 11.7. The van der Waals surface area contributed by atoms with E-state index in [1.165, 1.54) is 0 Å². The molecule has 5 heteroatoms. The summed E-state index contributed by atoms with van der Waals surface area (Å²) >= 11 is 0. The van der Waals surface area contributed by atoms with E-state index in [2.05, 4.69) is 5.32 Å². The summed E-state index contributed by atoms with van der Waals surface area (Å²) in [6, 6.07) is 7.55. The van der Waals surface area contributed by atoms with Gasteiger partial charge in [0.25, 0.3) is 0 Å². The third kappa shape index (κ3) is 2.72. The number of amides is 2. The SMILES string of the molecule is C[C@H]1CN(C(=O)NC[C@@H]2CCCO2)c2ccccc2O1. The molecule has 1 fully saturated rings. The Kier molecular flexibility index (Phi) is 3.78. The third-order valence-corrected chi connectivity index (χ3v) is 3.67. The summed E-state index contributed by atoms with van der Waals surface area (Å²) in [4.78, 5) is 14.1. The lowest BCUT2D eigenvalue weighted by Gasteiger charge is -2.33. The van der Waals surface area contributed by atoms with Crippen molar-refractivity contribution < 1.29 is 14.3 Å². The van der Waals surface area contributed by atoms with Crippen molar-refractivity contribution in [3.63, 3.8) is 0 Å². The van der Waals surface area contributed by atoms with Crippen molar-refractivity contribution in [2.45, 2.75) is 32.0 Å². The van der Waals surface area contributed by atoms with Crippen LogP contribution in [0.3, 0.4) is 0 Å². The molecule has 5 nitrogen and oxygen atoms in total. The van der Waals surface area contributed by atoms with E-state index in [9.17, 15) is 4.79 Å². The molecule has 0 aliphatic carbocycles. The van der Waals surface area contributed by atoms with Gasteiger partial charge in [-0.1, -0.05) is 12.1 Å². The van der Waals surface area contributed by atoms with Crippen molar-refractivity contribution in [1.82, 2.24) is 5.32 Å². The predicted octanol–water partition coefficient (Wildman–Crippen LogP) is 2.16. The maximum Gasteiger partial charge on any atom is 0.322 e. The second-order valence-corrected chi connectivity index (χ2v) is 5.33. The Hall–Kier alpha value is -1.75. The molecule has 20 heavy (non-hydrogen) atoms. The molecule has 2 heterocycles. The van der Waals surface area contributed by atoms with Crippen molar-refractivity contribution in [3.05, 3.63) is 24.3 Å². The van der Waals surface area contributed by atoms with Crippen LogP contribution >= 0.6 is 0 Å². The molecule has 2 aliphatic heterocycles. The number of benzene rings is 1. The van der Waals surface area contributed by atoms with E-state index in [0.717, 1.165) is 30.9 Å². The van der Waals surface area contributed by atoms with Crippen LogP contribution in [0.15, 0.2) is 24.3 Å². The van der Waals surface area contributed by atoms with E-state index in [1.54, 1.807) is 4.90 Å². The minimum Gasteiger partial charge on any atom is -0.487 e. The lowest BCUT2D eigenvalue weighted by Crippen LogP contribution is -2.48. The zero-order valence-electron chi connectivity index (χ0n) is 11.7. The van der Waals surface area contributed by atoms with Crippen LogP contribution in [0.1, 0.15) is 19.8 Å². The summed E-state index contributed by atoms with van der Waals surface area (Å²) in [5.74, 6) is 0.763. The lowest BCUT2D eigenvalue weighted by molar-refractivity contribution is 0.111. The molecule has 1 N–H and O–H groups in total.